The zero-order valence-electron chi connectivity index (χ0n) is 16.7. The minimum Gasteiger partial charge on any atom is -0.326 e. The van der Waals surface area contributed by atoms with Gasteiger partial charge in [0.1, 0.15) is 0 Å². The molecule has 0 aliphatic carbocycles. The molecule has 1 aliphatic heterocycles. The van der Waals surface area contributed by atoms with Gasteiger partial charge in [-0.25, -0.2) is 8.42 Å². The molecule has 150 valence electrons. The Morgan fingerprint density at radius 1 is 1.14 bits per heavy atom. The van der Waals surface area contributed by atoms with E-state index >= 15 is 0 Å². The Morgan fingerprint density at radius 3 is 2.54 bits per heavy atom. The lowest BCUT2D eigenvalue weighted by molar-refractivity contribution is -0.120. The van der Waals surface area contributed by atoms with Crippen LogP contribution in [0.4, 0.5) is 5.69 Å². The molecule has 0 radical (unpaired) electrons. The van der Waals surface area contributed by atoms with Crippen LogP contribution < -0.4 is 5.32 Å². The second-order valence-electron chi connectivity index (χ2n) is 7.51. The fraction of sp³-hybridized carbons (Fsp3) is 0.409. The van der Waals surface area contributed by atoms with Gasteiger partial charge in [-0.15, -0.1) is 0 Å². The number of hydrogen-bond acceptors (Lipinski definition) is 3. The van der Waals surface area contributed by atoms with Crippen LogP contribution in [-0.4, -0.2) is 31.7 Å². The molecule has 0 saturated carbocycles. The van der Waals surface area contributed by atoms with Crippen molar-refractivity contribution < 1.29 is 13.2 Å². The van der Waals surface area contributed by atoms with Gasteiger partial charge in [-0.3, -0.25) is 4.79 Å². The fourth-order valence-electron chi connectivity index (χ4n) is 3.57. The number of amides is 1. The van der Waals surface area contributed by atoms with Crippen LogP contribution in [0.3, 0.4) is 0 Å². The topological polar surface area (TPSA) is 66.5 Å². The van der Waals surface area contributed by atoms with Crippen LogP contribution in [0.15, 0.2) is 47.4 Å². The molecule has 1 N–H and O–H groups in total. The molecule has 1 saturated heterocycles. The van der Waals surface area contributed by atoms with Gasteiger partial charge in [-0.1, -0.05) is 31.2 Å². The molecule has 0 aromatic heterocycles. The molecule has 0 bridgehead atoms. The largest absolute Gasteiger partial charge is 0.326 e. The van der Waals surface area contributed by atoms with E-state index in [2.05, 4.69) is 12.2 Å². The SMILES string of the molecule is CCc1ccc(NC(=O)[C@H]2CCCN(S(=O)(=O)c3cc(C)ccc3C)C2)cc1. The Balaban J connectivity index is 1.73. The van der Waals surface area contributed by atoms with Crippen LogP contribution in [0, 0.1) is 19.8 Å². The third kappa shape index (κ3) is 4.45. The number of anilines is 1. The van der Waals surface area contributed by atoms with Crippen molar-refractivity contribution in [2.24, 2.45) is 5.92 Å². The van der Waals surface area contributed by atoms with E-state index in [-0.39, 0.29) is 18.4 Å². The summed E-state index contributed by atoms with van der Waals surface area (Å²) in [5.74, 6) is -0.468. The Bertz CT molecular complexity index is 952. The van der Waals surface area contributed by atoms with Gasteiger partial charge in [0.15, 0.2) is 0 Å². The van der Waals surface area contributed by atoms with Crippen LogP contribution >= 0.6 is 0 Å². The smallest absolute Gasteiger partial charge is 0.243 e. The number of piperidine rings is 1. The molecule has 1 atom stereocenters. The van der Waals surface area contributed by atoms with Crippen molar-refractivity contribution in [3.8, 4) is 0 Å². The van der Waals surface area contributed by atoms with E-state index in [0.717, 1.165) is 23.2 Å². The third-order valence-corrected chi connectivity index (χ3v) is 7.35. The first kappa shape index (κ1) is 20.6. The van der Waals surface area contributed by atoms with Crippen molar-refractivity contribution in [3.63, 3.8) is 0 Å². The number of nitrogens with zero attached hydrogens (tertiary/aromatic N) is 1. The second-order valence-corrected chi connectivity index (χ2v) is 9.42. The molecule has 6 heteroatoms. The van der Waals surface area contributed by atoms with E-state index in [1.165, 1.54) is 9.87 Å². The molecule has 1 fully saturated rings. The molecule has 0 spiro atoms. The molecule has 1 amide bonds. The Labute approximate surface area is 167 Å². The highest BCUT2D eigenvalue weighted by molar-refractivity contribution is 7.89. The van der Waals surface area contributed by atoms with E-state index in [4.69, 9.17) is 0 Å². The normalized spacial score (nSPS) is 18.0. The molecular formula is C22H28N2O3S. The van der Waals surface area contributed by atoms with Gasteiger partial charge in [0, 0.05) is 18.8 Å². The summed E-state index contributed by atoms with van der Waals surface area (Å²) in [6, 6.07) is 13.2. The van der Waals surface area contributed by atoms with Crippen molar-refractivity contribution in [3.05, 3.63) is 59.2 Å². The van der Waals surface area contributed by atoms with E-state index in [9.17, 15) is 13.2 Å². The van der Waals surface area contributed by atoms with Crippen molar-refractivity contribution >= 4 is 21.6 Å². The Morgan fingerprint density at radius 2 is 1.86 bits per heavy atom. The number of aryl methyl sites for hydroxylation is 3. The number of sulfonamides is 1. The average molecular weight is 401 g/mol. The number of hydrogen-bond donors (Lipinski definition) is 1. The number of carbonyl (C=O) groups excluding carboxylic acids is 1. The molecule has 1 heterocycles. The first-order valence-corrected chi connectivity index (χ1v) is 11.2. The summed E-state index contributed by atoms with van der Waals surface area (Å²) in [6.45, 7) is 6.44. The van der Waals surface area contributed by atoms with Gasteiger partial charge in [0.2, 0.25) is 15.9 Å². The average Bonchev–Trinajstić information content (AvgIpc) is 2.70. The second kappa shape index (κ2) is 8.45. The lowest BCUT2D eigenvalue weighted by Crippen LogP contribution is -2.43. The maximum absolute atomic E-state index is 13.2. The molecule has 0 unspecified atom stereocenters. The monoisotopic (exact) mass is 400 g/mol. The van der Waals surface area contributed by atoms with Crippen LogP contribution in [0.2, 0.25) is 0 Å². The summed E-state index contributed by atoms with van der Waals surface area (Å²) >= 11 is 0. The van der Waals surface area contributed by atoms with Crippen molar-refractivity contribution in [2.75, 3.05) is 18.4 Å². The van der Waals surface area contributed by atoms with Crippen LogP contribution in [-0.2, 0) is 21.2 Å². The molecule has 1 aliphatic rings. The molecule has 5 nitrogen and oxygen atoms in total. The number of carbonyl (C=O) groups is 1. The summed E-state index contributed by atoms with van der Waals surface area (Å²) < 4.78 is 27.8. The summed E-state index contributed by atoms with van der Waals surface area (Å²) in [4.78, 5) is 13.1. The first-order chi connectivity index (χ1) is 13.3. The molecule has 2 aromatic rings. The van der Waals surface area contributed by atoms with Crippen molar-refractivity contribution in [1.82, 2.24) is 4.31 Å². The van der Waals surface area contributed by atoms with Crippen LogP contribution in [0.1, 0.15) is 36.5 Å². The van der Waals surface area contributed by atoms with Gasteiger partial charge >= 0.3 is 0 Å². The number of benzene rings is 2. The Hall–Kier alpha value is -2.18. The van der Waals surface area contributed by atoms with Crippen LogP contribution in [0.5, 0.6) is 0 Å². The van der Waals surface area contributed by atoms with E-state index < -0.39 is 10.0 Å². The number of nitrogens with one attached hydrogen (secondary N) is 1. The summed E-state index contributed by atoms with van der Waals surface area (Å²) in [5, 5.41) is 2.93. The summed E-state index contributed by atoms with van der Waals surface area (Å²) in [6.07, 6.45) is 2.32. The standard InChI is InChI=1S/C22H28N2O3S/c1-4-18-9-11-20(12-10-18)23-22(25)19-6-5-13-24(15-19)28(26,27)21-14-16(2)7-8-17(21)3/h7-12,14,19H,4-6,13,15H2,1-3H3,(H,23,25)/t19-/m0/s1. The number of rotatable bonds is 5. The minimum absolute atomic E-state index is 0.120. The van der Waals surface area contributed by atoms with Gasteiger partial charge in [0.25, 0.3) is 0 Å². The predicted octanol–water partition coefficient (Wildman–Crippen LogP) is 3.91. The van der Waals surface area contributed by atoms with Gasteiger partial charge in [-0.2, -0.15) is 4.31 Å². The van der Waals surface area contributed by atoms with Gasteiger partial charge < -0.3 is 5.32 Å². The zero-order chi connectivity index (χ0) is 20.3. The third-order valence-electron chi connectivity index (χ3n) is 5.35. The predicted molar refractivity (Wildman–Crippen MR) is 112 cm³/mol. The summed E-state index contributed by atoms with van der Waals surface area (Å²) in [5.41, 5.74) is 3.59. The van der Waals surface area contributed by atoms with Crippen molar-refractivity contribution in [1.29, 1.82) is 0 Å². The first-order valence-electron chi connectivity index (χ1n) is 9.78. The van der Waals surface area contributed by atoms with Crippen molar-refractivity contribution in [2.45, 2.75) is 44.9 Å². The molecular weight excluding hydrogens is 372 g/mol. The van der Waals surface area contributed by atoms with E-state index in [0.29, 0.717) is 24.3 Å². The maximum Gasteiger partial charge on any atom is 0.243 e. The van der Waals surface area contributed by atoms with E-state index in [1.807, 2.05) is 43.3 Å². The van der Waals surface area contributed by atoms with Gasteiger partial charge in [-0.05, 0) is 68.0 Å². The molecule has 2 aromatic carbocycles. The van der Waals surface area contributed by atoms with Crippen LogP contribution in [0.25, 0.3) is 0 Å². The highest BCUT2D eigenvalue weighted by Crippen LogP contribution is 2.27. The molecule has 28 heavy (non-hydrogen) atoms. The fourth-order valence-corrected chi connectivity index (χ4v) is 5.40. The van der Waals surface area contributed by atoms with E-state index in [1.54, 1.807) is 13.0 Å². The molecule has 3 rings (SSSR count). The van der Waals surface area contributed by atoms with Gasteiger partial charge in [0.05, 0.1) is 10.8 Å². The highest BCUT2D eigenvalue weighted by Gasteiger charge is 2.34. The Kier molecular flexibility index (Phi) is 6.20. The lowest BCUT2D eigenvalue weighted by Gasteiger charge is -2.31. The minimum atomic E-state index is -3.61. The quantitative estimate of drug-likeness (QED) is 0.828. The summed E-state index contributed by atoms with van der Waals surface area (Å²) in [7, 11) is -3.61. The zero-order valence-corrected chi connectivity index (χ0v) is 17.6. The lowest BCUT2D eigenvalue weighted by atomic mass is 9.98. The maximum atomic E-state index is 13.2. The highest BCUT2D eigenvalue weighted by atomic mass is 32.2.